The Morgan fingerprint density at radius 2 is 2.50 bits per heavy atom. The molecule has 0 radical (unpaired) electrons. The molecule has 1 heterocycles. The molecule has 0 aromatic heterocycles. The molecule has 0 fully saturated rings. The predicted molar refractivity (Wildman–Crippen MR) is 37.0 cm³/mol. The topological polar surface area (TPSA) is 50.7 Å². The summed E-state index contributed by atoms with van der Waals surface area (Å²) >= 11 is 0. The first-order valence-corrected chi connectivity index (χ1v) is 3.33. The standard InChI is InChI=1S/C6H8F2N2O2/c1-12-6(11)4-2-3(5(7)8)9-10-4/h3,5,9H,2H2,1H3. The lowest BCUT2D eigenvalue weighted by molar-refractivity contribution is -0.132. The Morgan fingerprint density at radius 1 is 1.83 bits per heavy atom. The van der Waals surface area contributed by atoms with Gasteiger partial charge >= 0.3 is 5.97 Å². The molecule has 0 aliphatic carbocycles. The summed E-state index contributed by atoms with van der Waals surface area (Å²) in [5.74, 6) is -0.661. The minimum Gasteiger partial charge on any atom is -0.464 e. The lowest BCUT2D eigenvalue weighted by Crippen LogP contribution is -2.28. The summed E-state index contributed by atoms with van der Waals surface area (Å²) in [5.41, 5.74) is 2.17. The van der Waals surface area contributed by atoms with Crippen LogP contribution in [-0.2, 0) is 9.53 Å². The third kappa shape index (κ3) is 1.69. The van der Waals surface area contributed by atoms with Crippen LogP contribution in [0.25, 0.3) is 0 Å². The van der Waals surface area contributed by atoms with Gasteiger partial charge in [-0.3, -0.25) is 0 Å². The van der Waals surface area contributed by atoms with Crippen molar-refractivity contribution in [1.29, 1.82) is 0 Å². The number of carbonyl (C=O) groups is 1. The lowest BCUT2D eigenvalue weighted by atomic mass is 10.2. The molecule has 0 bridgehead atoms. The first-order chi connectivity index (χ1) is 5.65. The van der Waals surface area contributed by atoms with Gasteiger partial charge < -0.3 is 10.2 Å². The van der Waals surface area contributed by atoms with E-state index in [1.54, 1.807) is 0 Å². The number of alkyl halides is 2. The molecule has 0 amide bonds. The summed E-state index contributed by atoms with van der Waals surface area (Å²) in [4.78, 5) is 10.7. The van der Waals surface area contributed by atoms with Crippen molar-refractivity contribution in [3.63, 3.8) is 0 Å². The number of hydrazone groups is 1. The second-order valence-corrected chi connectivity index (χ2v) is 2.32. The van der Waals surface area contributed by atoms with Gasteiger partial charge in [0.05, 0.1) is 7.11 Å². The van der Waals surface area contributed by atoms with E-state index in [2.05, 4.69) is 15.3 Å². The number of rotatable bonds is 2. The highest BCUT2D eigenvalue weighted by atomic mass is 19.3. The second-order valence-electron chi connectivity index (χ2n) is 2.32. The molecule has 6 heteroatoms. The number of methoxy groups -OCH3 is 1. The maximum absolute atomic E-state index is 12.0. The summed E-state index contributed by atoms with van der Waals surface area (Å²) in [6.45, 7) is 0. The Morgan fingerprint density at radius 3 is 2.92 bits per heavy atom. The van der Waals surface area contributed by atoms with Crippen LogP contribution in [-0.4, -0.2) is 31.3 Å². The van der Waals surface area contributed by atoms with Crippen LogP contribution in [0.5, 0.6) is 0 Å². The second kappa shape index (κ2) is 3.46. The van der Waals surface area contributed by atoms with Gasteiger partial charge in [0.15, 0.2) is 0 Å². The van der Waals surface area contributed by atoms with Gasteiger partial charge in [-0.2, -0.15) is 5.10 Å². The van der Waals surface area contributed by atoms with Crippen LogP contribution in [0.15, 0.2) is 5.10 Å². The van der Waals surface area contributed by atoms with Crippen molar-refractivity contribution in [1.82, 2.24) is 5.43 Å². The monoisotopic (exact) mass is 178 g/mol. The molecule has 1 rings (SSSR count). The van der Waals surface area contributed by atoms with Crippen molar-refractivity contribution in [2.45, 2.75) is 18.9 Å². The number of nitrogens with one attached hydrogen (secondary N) is 1. The average molecular weight is 178 g/mol. The summed E-state index contributed by atoms with van der Waals surface area (Å²) in [6.07, 6.45) is -2.60. The molecule has 4 nitrogen and oxygen atoms in total. The van der Waals surface area contributed by atoms with E-state index in [0.29, 0.717) is 0 Å². The lowest BCUT2D eigenvalue weighted by Gasteiger charge is -2.05. The number of carbonyl (C=O) groups excluding carboxylic acids is 1. The molecular weight excluding hydrogens is 170 g/mol. The van der Waals surface area contributed by atoms with Crippen molar-refractivity contribution in [2.75, 3.05) is 7.11 Å². The fourth-order valence-corrected chi connectivity index (χ4v) is 0.853. The van der Waals surface area contributed by atoms with Crippen molar-refractivity contribution < 1.29 is 18.3 Å². The molecule has 0 spiro atoms. The van der Waals surface area contributed by atoms with Gasteiger partial charge in [0.1, 0.15) is 11.8 Å². The molecule has 0 saturated carbocycles. The van der Waals surface area contributed by atoms with Crippen LogP contribution >= 0.6 is 0 Å². The van der Waals surface area contributed by atoms with Gasteiger partial charge in [-0.15, -0.1) is 0 Å². The average Bonchev–Trinajstić information content (AvgIpc) is 2.51. The molecule has 68 valence electrons. The molecule has 0 aromatic rings. The number of ether oxygens (including phenoxy) is 1. The van der Waals surface area contributed by atoms with E-state index >= 15 is 0 Å². The first-order valence-electron chi connectivity index (χ1n) is 3.33. The Balaban J connectivity index is 2.48. The van der Waals surface area contributed by atoms with Crippen molar-refractivity contribution in [3.05, 3.63) is 0 Å². The van der Waals surface area contributed by atoms with E-state index in [0.717, 1.165) is 0 Å². The smallest absolute Gasteiger partial charge is 0.354 e. The van der Waals surface area contributed by atoms with Crippen molar-refractivity contribution in [3.8, 4) is 0 Å². The fourth-order valence-electron chi connectivity index (χ4n) is 0.853. The molecule has 0 aromatic carbocycles. The van der Waals surface area contributed by atoms with Gasteiger partial charge in [-0.1, -0.05) is 0 Å². The Hall–Kier alpha value is -1.20. The van der Waals surface area contributed by atoms with Crippen molar-refractivity contribution >= 4 is 11.7 Å². The molecule has 12 heavy (non-hydrogen) atoms. The third-order valence-electron chi connectivity index (χ3n) is 1.50. The molecule has 1 atom stereocenters. The van der Waals surface area contributed by atoms with Crippen LogP contribution in [0.4, 0.5) is 8.78 Å². The van der Waals surface area contributed by atoms with Crippen LogP contribution in [0.1, 0.15) is 6.42 Å². The minimum absolute atomic E-state index is 0.0165. The molecular formula is C6H8F2N2O2. The highest BCUT2D eigenvalue weighted by Crippen LogP contribution is 2.11. The summed E-state index contributed by atoms with van der Waals surface area (Å²) in [6, 6.07) is -1.06. The number of esters is 1. The number of nitrogens with zero attached hydrogens (tertiary/aromatic N) is 1. The van der Waals surface area contributed by atoms with Crippen LogP contribution in [0, 0.1) is 0 Å². The highest BCUT2D eigenvalue weighted by Gasteiger charge is 2.30. The zero-order valence-electron chi connectivity index (χ0n) is 6.38. The molecule has 1 N–H and O–H groups in total. The van der Waals surface area contributed by atoms with Crippen LogP contribution in [0.2, 0.25) is 0 Å². The minimum atomic E-state index is -2.52. The van der Waals surface area contributed by atoms with Crippen molar-refractivity contribution in [2.24, 2.45) is 5.10 Å². The highest BCUT2D eigenvalue weighted by molar-refractivity contribution is 6.36. The Kier molecular flexibility index (Phi) is 2.57. The molecule has 1 unspecified atom stereocenters. The van der Waals surface area contributed by atoms with E-state index in [4.69, 9.17) is 0 Å². The largest absolute Gasteiger partial charge is 0.464 e. The molecule has 0 saturated heterocycles. The zero-order valence-corrected chi connectivity index (χ0v) is 6.38. The Bertz CT molecular complexity index is 218. The van der Waals surface area contributed by atoms with E-state index < -0.39 is 18.4 Å². The predicted octanol–water partition coefficient (Wildman–Crippen LogP) is 0.142. The van der Waals surface area contributed by atoms with Gasteiger partial charge in [-0.05, 0) is 0 Å². The zero-order chi connectivity index (χ0) is 9.14. The van der Waals surface area contributed by atoms with E-state index in [1.807, 2.05) is 0 Å². The van der Waals surface area contributed by atoms with Crippen LogP contribution in [0.3, 0.4) is 0 Å². The maximum atomic E-state index is 12.0. The summed E-state index contributed by atoms with van der Waals surface area (Å²) in [7, 11) is 1.18. The quantitative estimate of drug-likeness (QED) is 0.612. The normalized spacial score (nSPS) is 22.0. The SMILES string of the molecule is COC(=O)C1=NNC(C(F)F)C1. The van der Waals surface area contributed by atoms with Gasteiger partial charge in [-0.25, -0.2) is 13.6 Å². The summed E-state index contributed by atoms with van der Waals surface area (Å²) in [5, 5.41) is 3.42. The summed E-state index contributed by atoms with van der Waals surface area (Å²) < 4.78 is 28.3. The van der Waals surface area contributed by atoms with Crippen LogP contribution < -0.4 is 5.43 Å². The van der Waals surface area contributed by atoms with E-state index in [-0.39, 0.29) is 12.1 Å². The maximum Gasteiger partial charge on any atom is 0.354 e. The van der Waals surface area contributed by atoms with Gasteiger partial charge in [0.25, 0.3) is 6.43 Å². The molecule has 1 aliphatic rings. The van der Waals surface area contributed by atoms with Gasteiger partial charge in [0, 0.05) is 6.42 Å². The third-order valence-corrected chi connectivity index (χ3v) is 1.50. The fraction of sp³-hybridized carbons (Fsp3) is 0.667. The van der Waals surface area contributed by atoms with Gasteiger partial charge in [0.2, 0.25) is 0 Å². The molecule has 1 aliphatic heterocycles. The first kappa shape index (κ1) is 8.89. The Labute approximate surface area is 67.6 Å². The number of halogens is 2. The number of hydrogen-bond acceptors (Lipinski definition) is 4. The van der Waals surface area contributed by atoms with E-state index in [1.165, 1.54) is 7.11 Å². The van der Waals surface area contributed by atoms with E-state index in [9.17, 15) is 13.6 Å². The number of hydrogen-bond donors (Lipinski definition) is 1.